The van der Waals surface area contributed by atoms with Crippen LogP contribution in [0.2, 0.25) is 0 Å². The highest BCUT2D eigenvalue weighted by Crippen LogP contribution is 2.53. The topological polar surface area (TPSA) is 79.0 Å². The number of nitrogens with zero attached hydrogens (tertiary/aromatic N) is 2. The largest absolute Gasteiger partial charge is 0.378 e. The minimum Gasteiger partial charge on any atom is -0.378 e. The number of fused-ring (bicyclic) bond motifs is 2. The maximum absolute atomic E-state index is 13.5. The highest BCUT2D eigenvalue weighted by molar-refractivity contribution is 7.89. The minimum atomic E-state index is -3.62. The van der Waals surface area contributed by atoms with Gasteiger partial charge in [0.15, 0.2) is 0 Å². The van der Waals surface area contributed by atoms with Crippen molar-refractivity contribution < 1.29 is 17.9 Å². The van der Waals surface area contributed by atoms with Crippen molar-refractivity contribution in [2.24, 2.45) is 10.8 Å². The number of rotatable bonds is 5. The third kappa shape index (κ3) is 4.84. The number of carbonyl (C=O) groups is 1. The van der Waals surface area contributed by atoms with Crippen molar-refractivity contribution in [2.75, 3.05) is 43.1 Å². The molecule has 8 heteroatoms. The number of morpholine rings is 1. The van der Waals surface area contributed by atoms with E-state index in [-0.39, 0.29) is 27.7 Å². The molecule has 2 atom stereocenters. The summed E-state index contributed by atoms with van der Waals surface area (Å²) in [6.07, 6.45) is 2.83. The molecule has 2 aromatic rings. The van der Waals surface area contributed by atoms with Crippen LogP contribution in [0.4, 0.5) is 11.4 Å². The predicted molar refractivity (Wildman–Crippen MR) is 137 cm³/mol. The smallest absolute Gasteiger partial charge is 0.255 e. The van der Waals surface area contributed by atoms with Gasteiger partial charge in [-0.25, -0.2) is 8.42 Å². The highest BCUT2D eigenvalue weighted by atomic mass is 32.2. The predicted octanol–water partition coefficient (Wildman–Crippen LogP) is 4.36. The Kier molecular flexibility index (Phi) is 6.18. The number of hydrogen-bond donors (Lipinski definition) is 1. The standard InChI is InChI=1S/C27H35N3O4S/c1-26(2)16-21-17-27(3,18-26)19-30(21)35(32,33)22-10-8-20(9-11-22)25(31)28-23-6-4-5-7-24(23)29-12-14-34-15-13-29/h4-11,21H,12-19H2,1-3H3,(H,28,31)/t21-,27-/m1/s1. The van der Waals surface area contributed by atoms with Gasteiger partial charge in [-0.1, -0.05) is 32.9 Å². The molecule has 2 saturated heterocycles. The molecule has 35 heavy (non-hydrogen) atoms. The van der Waals surface area contributed by atoms with Crippen molar-refractivity contribution >= 4 is 27.3 Å². The van der Waals surface area contributed by atoms with E-state index in [0.29, 0.717) is 25.3 Å². The monoisotopic (exact) mass is 497 g/mol. The van der Waals surface area contributed by atoms with Gasteiger partial charge < -0.3 is 15.0 Å². The first kappa shape index (κ1) is 24.3. The molecular weight excluding hydrogens is 462 g/mol. The number of amides is 1. The van der Waals surface area contributed by atoms with Gasteiger partial charge in [-0.3, -0.25) is 4.79 Å². The Bertz CT molecular complexity index is 1210. The van der Waals surface area contributed by atoms with Gasteiger partial charge in [-0.15, -0.1) is 0 Å². The lowest BCUT2D eigenvalue weighted by Crippen LogP contribution is -2.37. The molecule has 5 rings (SSSR count). The molecule has 2 aromatic carbocycles. The third-order valence-electron chi connectivity index (χ3n) is 7.59. The van der Waals surface area contributed by atoms with Crippen LogP contribution in [0.5, 0.6) is 0 Å². The molecule has 0 spiro atoms. The lowest BCUT2D eigenvalue weighted by atomic mass is 9.65. The number of para-hydroxylation sites is 2. The zero-order chi connectivity index (χ0) is 24.8. The second kappa shape index (κ2) is 8.91. The second-order valence-electron chi connectivity index (χ2n) is 11.4. The number of carbonyl (C=O) groups excluding carboxylic acids is 1. The molecule has 7 nitrogen and oxygen atoms in total. The summed E-state index contributed by atoms with van der Waals surface area (Å²) < 4.78 is 34.2. The van der Waals surface area contributed by atoms with Crippen LogP contribution in [-0.2, 0) is 14.8 Å². The zero-order valence-corrected chi connectivity index (χ0v) is 21.6. The van der Waals surface area contributed by atoms with Gasteiger partial charge in [0.1, 0.15) is 0 Å². The van der Waals surface area contributed by atoms with E-state index in [0.717, 1.165) is 43.7 Å². The van der Waals surface area contributed by atoms with E-state index in [9.17, 15) is 13.2 Å². The first-order valence-corrected chi connectivity index (χ1v) is 13.9. The van der Waals surface area contributed by atoms with Crippen molar-refractivity contribution in [2.45, 2.75) is 51.0 Å². The zero-order valence-electron chi connectivity index (χ0n) is 20.8. The fraction of sp³-hybridized carbons (Fsp3) is 0.519. The van der Waals surface area contributed by atoms with E-state index in [1.54, 1.807) is 28.6 Å². The summed E-state index contributed by atoms with van der Waals surface area (Å²) in [6, 6.07) is 14.1. The Morgan fingerprint density at radius 2 is 1.69 bits per heavy atom. The SMILES string of the molecule is CC1(C)C[C@@H]2C[C@@](C)(CN2S(=O)(=O)c2ccc(C(=O)Nc3ccccc3N3CCOCC3)cc2)C1. The van der Waals surface area contributed by atoms with E-state index in [2.05, 4.69) is 31.0 Å². The Morgan fingerprint density at radius 1 is 1.00 bits per heavy atom. The quantitative estimate of drug-likeness (QED) is 0.664. The first-order chi connectivity index (χ1) is 16.6. The molecule has 2 aliphatic heterocycles. The summed E-state index contributed by atoms with van der Waals surface area (Å²) in [5.41, 5.74) is 2.28. The fourth-order valence-electron chi connectivity index (χ4n) is 6.46. The molecule has 0 aromatic heterocycles. The van der Waals surface area contributed by atoms with E-state index >= 15 is 0 Å². The number of nitrogens with one attached hydrogen (secondary N) is 1. The molecule has 0 unspecified atom stereocenters. The van der Waals surface area contributed by atoms with Gasteiger partial charge in [0.05, 0.1) is 29.5 Å². The van der Waals surface area contributed by atoms with Crippen LogP contribution in [0.25, 0.3) is 0 Å². The van der Waals surface area contributed by atoms with Crippen molar-refractivity contribution in [3.8, 4) is 0 Å². The van der Waals surface area contributed by atoms with E-state index < -0.39 is 10.0 Å². The molecule has 3 aliphatic rings. The van der Waals surface area contributed by atoms with Crippen LogP contribution in [0.1, 0.15) is 50.4 Å². The molecule has 188 valence electrons. The van der Waals surface area contributed by atoms with Crippen molar-refractivity contribution in [1.29, 1.82) is 0 Å². The van der Waals surface area contributed by atoms with Gasteiger partial charge in [0.25, 0.3) is 5.91 Å². The normalized spacial score (nSPS) is 26.5. The number of benzene rings is 2. The maximum atomic E-state index is 13.5. The summed E-state index contributed by atoms with van der Waals surface area (Å²) >= 11 is 0. The van der Waals surface area contributed by atoms with Crippen LogP contribution in [0.15, 0.2) is 53.4 Å². The van der Waals surface area contributed by atoms with Crippen LogP contribution in [-0.4, -0.2) is 57.5 Å². The molecule has 0 radical (unpaired) electrons. The number of hydrogen-bond acceptors (Lipinski definition) is 5. The maximum Gasteiger partial charge on any atom is 0.255 e. The van der Waals surface area contributed by atoms with Gasteiger partial charge in [0.2, 0.25) is 10.0 Å². The van der Waals surface area contributed by atoms with Crippen LogP contribution >= 0.6 is 0 Å². The average Bonchev–Trinajstić information content (AvgIpc) is 3.09. The summed E-state index contributed by atoms with van der Waals surface area (Å²) in [4.78, 5) is 15.5. The molecule has 2 heterocycles. The molecule has 1 saturated carbocycles. The van der Waals surface area contributed by atoms with E-state index in [4.69, 9.17) is 4.74 Å². The van der Waals surface area contributed by atoms with Crippen LogP contribution in [0.3, 0.4) is 0 Å². The molecular formula is C27H35N3O4S. The highest BCUT2D eigenvalue weighted by Gasteiger charge is 2.53. The van der Waals surface area contributed by atoms with E-state index in [1.165, 1.54) is 0 Å². The summed E-state index contributed by atoms with van der Waals surface area (Å²) in [6.45, 7) is 10.1. The molecule has 1 N–H and O–H groups in total. The van der Waals surface area contributed by atoms with Crippen molar-refractivity contribution in [3.05, 3.63) is 54.1 Å². The van der Waals surface area contributed by atoms with Gasteiger partial charge >= 0.3 is 0 Å². The molecule has 2 bridgehead atoms. The Hall–Kier alpha value is -2.42. The van der Waals surface area contributed by atoms with Gasteiger partial charge in [0, 0.05) is 31.2 Å². The lowest BCUT2D eigenvalue weighted by molar-refractivity contribution is 0.102. The summed E-state index contributed by atoms with van der Waals surface area (Å²) in [5, 5.41) is 3.00. The molecule has 3 fully saturated rings. The van der Waals surface area contributed by atoms with Gasteiger partial charge in [-0.05, 0) is 66.5 Å². The van der Waals surface area contributed by atoms with Crippen molar-refractivity contribution in [3.63, 3.8) is 0 Å². The molecule has 1 amide bonds. The van der Waals surface area contributed by atoms with Crippen LogP contribution in [0, 0.1) is 10.8 Å². The molecule has 1 aliphatic carbocycles. The number of sulfonamides is 1. The summed E-state index contributed by atoms with van der Waals surface area (Å²) in [7, 11) is -3.62. The van der Waals surface area contributed by atoms with Crippen molar-refractivity contribution in [1.82, 2.24) is 4.31 Å². The summed E-state index contributed by atoms with van der Waals surface area (Å²) in [5.74, 6) is -0.263. The first-order valence-electron chi connectivity index (χ1n) is 12.4. The Morgan fingerprint density at radius 3 is 2.40 bits per heavy atom. The van der Waals surface area contributed by atoms with Crippen LogP contribution < -0.4 is 10.2 Å². The number of ether oxygens (including phenoxy) is 1. The number of anilines is 2. The Labute approximate surface area is 208 Å². The average molecular weight is 498 g/mol. The second-order valence-corrected chi connectivity index (χ2v) is 13.2. The third-order valence-corrected chi connectivity index (χ3v) is 9.51. The fourth-order valence-corrected chi connectivity index (χ4v) is 8.23. The lowest BCUT2D eigenvalue weighted by Gasteiger charge is -2.39. The van der Waals surface area contributed by atoms with E-state index in [1.807, 2.05) is 24.3 Å². The minimum absolute atomic E-state index is 0.0210. The Balaban J connectivity index is 1.32. The van der Waals surface area contributed by atoms with Gasteiger partial charge in [-0.2, -0.15) is 4.31 Å².